The first kappa shape index (κ1) is 13.8. The molecule has 0 aliphatic carbocycles. The quantitative estimate of drug-likeness (QED) is 0.790. The van der Waals surface area contributed by atoms with Crippen molar-refractivity contribution in [2.45, 2.75) is 39.8 Å². The van der Waals surface area contributed by atoms with E-state index < -0.39 is 0 Å². The number of aromatic nitrogens is 2. The number of hydrogen-bond donors (Lipinski definition) is 2. The summed E-state index contributed by atoms with van der Waals surface area (Å²) in [7, 11) is 4.13. The van der Waals surface area contributed by atoms with E-state index in [1.165, 1.54) is 0 Å². The number of likely N-dealkylation sites (N-methyl/N-ethyl adjacent to an activating group) is 1. The van der Waals surface area contributed by atoms with E-state index in [0.29, 0.717) is 6.04 Å². The Morgan fingerprint density at radius 1 is 1.47 bits per heavy atom. The molecule has 0 fully saturated rings. The lowest BCUT2D eigenvalue weighted by Gasteiger charge is -2.20. The van der Waals surface area contributed by atoms with E-state index >= 15 is 0 Å². The third kappa shape index (κ3) is 3.63. The van der Waals surface area contributed by atoms with Gasteiger partial charge >= 0.3 is 0 Å². The fourth-order valence-corrected chi connectivity index (χ4v) is 1.95. The van der Waals surface area contributed by atoms with Gasteiger partial charge in [0.25, 0.3) is 0 Å². The molecule has 0 saturated heterocycles. The molecule has 0 aromatic carbocycles. The molecule has 17 heavy (non-hydrogen) atoms. The van der Waals surface area contributed by atoms with Crippen LogP contribution in [0.1, 0.15) is 26.0 Å². The van der Waals surface area contributed by atoms with E-state index in [4.69, 9.17) is 5.73 Å². The first-order valence-corrected chi connectivity index (χ1v) is 6.19. The van der Waals surface area contributed by atoms with Crippen LogP contribution in [0.2, 0.25) is 0 Å². The summed E-state index contributed by atoms with van der Waals surface area (Å²) in [5.41, 5.74) is 7.72. The maximum atomic E-state index is 6.05. The fraction of sp³-hybridized carbons (Fsp3) is 0.750. The number of nitrogen functional groups attached to an aromatic ring is 1. The second-order valence-electron chi connectivity index (χ2n) is 4.88. The summed E-state index contributed by atoms with van der Waals surface area (Å²) in [6.07, 6.45) is 1.05. The second-order valence-corrected chi connectivity index (χ2v) is 4.88. The lowest BCUT2D eigenvalue weighted by atomic mass is 10.3. The number of nitrogens with one attached hydrogen (secondary N) is 1. The van der Waals surface area contributed by atoms with Crippen molar-refractivity contribution in [3.05, 3.63) is 5.69 Å². The van der Waals surface area contributed by atoms with Gasteiger partial charge in [0.1, 0.15) is 5.82 Å². The van der Waals surface area contributed by atoms with Crippen LogP contribution in [0, 0.1) is 6.92 Å². The third-order valence-electron chi connectivity index (χ3n) is 2.63. The van der Waals surface area contributed by atoms with Gasteiger partial charge in [-0.3, -0.25) is 0 Å². The van der Waals surface area contributed by atoms with Gasteiger partial charge in [-0.25, -0.2) is 4.68 Å². The Labute approximate surface area is 104 Å². The highest BCUT2D eigenvalue weighted by atomic mass is 15.3. The zero-order chi connectivity index (χ0) is 13.0. The van der Waals surface area contributed by atoms with Gasteiger partial charge in [-0.15, -0.1) is 0 Å². The highest BCUT2D eigenvalue weighted by molar-refractivity contribution is 5.65. The van der Waals surface area contributed by atoms with Gasteiger partial charge in [-0.2, -0.15) is 5.10 Å². The standard InChI is InChI=1S/C12H25N5/c1-6-7-17-12(11(13)10(3)15-17)14-9(2)8-16(4)5/h9,14H,6-8,13H2,1-5H3. The lowest BCUT2D eigenvalue weighted by Crippen LogP contribution is -2.30. The molecule has 5 heteroatoms. The maximum Gasteiger partial charge on any atom is 0.148 e. The highest BCUT2D eigenvalue weighted by Gasteiger charge is 2.14. The van der Waals surface area contributed by atoms with Crippen molar-refractivity contribution in [3.63, 3.8) is 0 Å². The van der Waals surface area contributed by atoms with E-state index in [9.17, 15) is 0 Å². The van der Waals surface area contributed by atoms with Crippen molar-refractivity contribution < 1.29 is 0 Å². The predicted molar refractivity (Wildman–Crippen MR) is 73.3 cm³/mol. The van der Waals surface area contributed by atoms with Crippen molar-refractivity contribution in [2.75, 3.05) is 31.7 Å². The molecule has 1 heterocycles. The molecule has 5 nitrogen and oxygen atoms in total. The summed E-state index contributed by atoms with van der Waals surface area (Å²) in [6.45, 7) is 8.10. The summed E-state index contributed by atoms with van der Waals surface area (Å²) >= 11 is 0. The molecule has 1 rings (SSSR count). The van der Waals surface area contributed by atoms with Gasteiger partial charge in [-0.1, -0.05) is 6.92 Å². The zero-order valence-corrected chi connectivity index (χ0v) is 11.6. The average Bonchev–Trinajstić information content (AvgIpc) is 2.45. The van der Waals surface area contributed by atoms with Crippen molar-refractivity contribution in [1.29, 1.82) is 0 Å². The summed E-state index contributed by atoms with van der Waals surface area (Å²) < 4.78 is 1.97. The summed E-state index contributed by atoms with van der Waals surface area (Å²) in [5.74, 6) is 0.957. The number of aryl methyl sites for hydroxylation is 2. The van der Waals surface area contributed by atoms with Crippen LogP contribution >= 0.6 is 0 Å². The van der Waals surface area contributed by atoms with Gasteiger partial charge in [0.05, 0.1) is 11.4 Å². The molecule has 1 atom stereocenters. The van der Waals surface area contributed by atoms with Crippen molar-refractivity contribution in [2.24, 2.45) is 0 Å². The van der Waals surface area contributed by atoms with Crippen LogP contribution in [-0.4, -0.2) is 41.4 Å². The first-order valence-electron chi connectivity index (χ1n) is 6.19. The molecular formula is C12H25N5. The van der Waals surface area contributed by atoms with Gasteiger partial charge in [0, 0.05) is 19.1 Å². The Morgan fingerprint density at radius 3 is 2.65 bits per heavy atom. The van der Waals surface area contributed by atoms with Crippen LogP contribution in [0.5, 0.6) is 0 Å². The van der Waals surface area contributed by atoms with E-state index in [2.05, 4.69) is 43.3 Å². The molecule has 0 bridgehead atoms. The highest BCUT2D eigenvalue weighted by Crippen LogP contribution is 2.23. The molecule has 0 aliphatic heterocycles. The number of nitrogens with two attached hydrogens (primary N) is 1. The summed E-state index contributed by atoms with van der Waals surface area (Å²) in [5, 5.41) is 7.90. The normalized spacial score (nSPS) is 13.1. The summed E-state index contributed by atoms with van der Waals surface area (Å²) in [4.78, 5) is 2.15. The minimum atomic E-state index is 0.346. The van der Waals surface area contributed by atoms with Gasteiger partial charge in [-0.05, 0) is 34.4 Å². The number of anilines is 2. The Balaban J connectivity index is 2.81. The largest absolute Gasteiger partial charge is 0.394 e. The van der Waals surface area contributed by atoms with Crippen molar-refractivity contribution >= 4 is 11.5 Å². The second kappa shape index (κ2) is 5.91. The van der Waals surface area contributed by atoms with Crippen molar-refractivity contribution in [3.8, 4) is 0 Å². The Hall–Kier alpha value is -1.23. The van der Waals surface area contributed by atoms with Crippen LogP contribution < -0.4 is 11.1 Å². The molecule has 3 N–H and O–H groups in total. The van der Waals surface area contributed by atoms with E-state index in [-0.39, 0.29) is 0 Å². The van der Waals surface area contributed by atoms with Crippen LogP contribution in [0.15, 0.2) is 0 Å². The minimum absolute atomic E-state index is 0.346. The molecule has 98 valence electrons. The lowest BCUT2D eigenvalue weighted by molar-refractivity contribution is 0.391. The number of hydrogen-bond acceptors (Lipinski definition) is 4. The topological polar surface area (TPSA) is 59.1 Å². The molecule has 0 amide bonds. The van der Waals surface area contributed by atoms with Gasteiger partial charge in [0.2, 0.25) is 0 Å². The zero-order valence-electron chi connectivity index (χ0n) is 11.6. The van der Waals surface area contributed by atoms with Crippen LogP contribution in [-0.2, 0) is 6.54 Å². The van der Waals surface area contributed by atoms with Crippen LogP contribution in [0.3, 0.4) is 0 Å². The molecule has 0 saturated carbocycles. The van der Waals surface area contributed by atoms with E-state index in [0.717, 1.165) is 36.7 Å². The predicted octanol–water partition coefficient (Wildman–Crippen LogP) is 1.55. The maximum absolute atomic E-state index is 6.05. The molecular weight excluding hydrogens is 214 g/mol. The molecule has 1 unspecified atom stereocenters. The van der Waals surface area contributed by atoms with Gasteiger partial charge in [0.15, 0.2) is 0 Å². The smallest absolute Gasteiger partial charge is 0.148 e. The number of nitrogens with zero attached hydrogens (tertiary/aromatic N) is 3. The summed E-state index contributed by atoms with van der Waals surface area (Å²) in [6, 6.07) is 0.346. The molecule has 1 aromatic rings. The van der Waals surface area contributed by atoms with Crippen molar-refractivity contribution in [1.82, 2.24) is 14.7 Å². The molecule has 1 aromatic heterocycles. The Kier molecular flexibility index (Phi) is 4.81. The fourth-order valence-electron chi connectivity index (χ4n) is 1.95. The van der Waals surface area contributed by atoms with Crippen LogP contribution in [0.25, 0.3) is 0 Å². The SMILES string of the molecule is CCCn1nc(C)c(N)c1NC(C)CN(C)C. The Bertz CT molecular complexity index is 356. The molecule has 0 radical (unpaired) electrons. The third-order valence-corrected chi connectivity index (χ3v) is 2.63. The monoisotopic (exact) mass is 239 g/mol. The van der Waals surface area contributed by atoms with E-state index in [1.54, 1.807) is 0 Å². The molecule has 0 spiro atoms. The average molecular weight is 239 g/mol. The van der Waals surface area contributed by atoms with E-state index in [1.807, 2.05) is 11.6 Å². The van der Waals surface area contributed by atoms with Gasteiger partial charge < -0.3 is 16.0 Å². The Morgan fingerprint density at radius 2 is 2.12 bits per heavy atom. The molecule has 0 aliphatic rings. The first-order chi connectivity index (χ1) is 7.95. The minimum Gasteiger partial charge on any atom is -0.394 e. The number of rotatable bonds is 6. The van der Waals surface area contributed by atoms with Crippen LogP contribution in [0.4, 0.5) is 11.5 Å².